The minimum absolute atomic E-state index is 0.0273. The van der Waals surface area contributed by atoms with Crippen molar-refractivity contribution in [3.05, 3.63) is 35.6 Å². The number of nitrogens with two attached hydrogens (primary N) is 1. The summed E-state index contributed by atoms with van der Waals surface area (Å²) in [7, 11) is 0. The summed E-state index contributed by atoms with van der Waals surface area (Å²) >= 11 is 0. The van der Waals surface area contributed by atoms with Gasteiger partial charge >= 0.3 is 0 Å². The second-order valence-corrected chi connectivity index (χ2v) is 6.70. The van der Waals surface area contributed by atoms with Crippen molar-refractivity contribution in [3.63, 3.8) is 0 Å². The van der Waals surface area contributed by atoms with E-state index in [1.807, 2.05) is 12.1 Å². The van der Waals surface area contributed by atoms with Gasteiger partial charge in [0, 0.05) is 12.1 Å². The van der Waals surface area contributed by atoms with Crippen molar-refractivity contribution in [1.82, 2.24) is 4.90 Å². The Balaban J connectivity index is 2.07. The van der Waals surface area contributed by atoms with Crippen molar-refractivity contribution in [2.75, 3.05) is 19.6 Å². The molecule has 2 rings (SSSR count). The van der Waals surface area contributed by atoms with Crippen LogP contribution < -0.4 is 5.73 Å². The molecule has 0 spiro atoms. The molecule has 0 aromatic heterocycles. The number of halogens is 1. The van der Waals surface area contributed by atoms with E-state index in [1.165, 1.54) is 31.2 Å². The summed E-state index contributed by atoms with van der Waals surface area (Å²) in [6.07, 6.45) is 6.04. The number of benzene rings is 1. The van der Waals surface area contributed by atoms with E-state index < -0.39 is 0 Å². The zero-order valence-corrected chi connectivity index (χ0v) is 13.4. The summed E-state index contributed by atoms with van der Waals surface area (Å²) in [4.78, 5) is 2.56. The van der Waals surface area contributed by atoms with E-state index >= 15 is 0 Å². The lowest BCUT2D eigenvalue weighted by Gasteiger charge is -2.40. The zero-order chi connectivity index (χ0) is 15.3. The molecule has 0 saturated carbocycles. The second-order valence-electron chi connectivity index (χ2n) is 6.70. The molecule has 1 aliphatic rings. The Bertz CT molecular complexity index is 431. The summed E-state index contributed by atoms with van der Waals surface area (Å²) in [5.41, 5.74) is 7.26. The molecule has 2 N–H and O–H groups in total. The van der Waals surface area contributed by atoms with E-state index in [-0.39, 0.29) is 11.4 Å². The van der Waals surface area contributed by atoms with Gasteiger partial charge in [-0.3, -0.25) is 4.90 Å². The summed E-state index contributed by atoms with van der Waals surface area (Å²) in [5, 5.41) is 0. The molecule has 2 nitrogen and oxygen atoms in total. The van der Waals surface area contributed by atoms with Gasteiger partial charge in [-0.1, -0.05) is 25.5 Å². The van der Waals surface area contributed by atoms with Crippen LogP contribution in [0.15, 0.2) is 24.3 Å². The molecule has 2 unspecified atom stereocenters. The van der Waals surface area contributed by atoms with Crippen LogP contribution in [-0.4, -0.2) is 30.1 Å². The fourth-order valence-corrected chi connectivity index (χ4v) is 3.47. The fraction of sp³-hybridized carbons (Fsp3) is 0.667. The van der Waals surface area contributed by atoms with E-state index in [0.29, 0.717) is 6.54 Å². The highest BCUT2D eigenvalue weighted by atomic mass is 19.1. The first kappa shape index (κ1) is 16.4. The Hall–Kier alpha value is -0.930. The fourth-order valence-electron chi connectivity index (χ4n) is 3.47. The van der Waals surface area contributed by atoms with Crippen LogP contribution in [0.5, 0.6) is 0 Å². The lowest BCUT2D eigenvalue weighted by Crippen LogP contribution is -2.53. The van der Waals surface area contributed by atoms with Crippen LogP contribution in [0, 0.1) is 11.7 Å². The summed E-state index contributed by atoms with van der Waals surface area (Å²) in [5.74, 6) is 0.691. The molecule has 1 aliphatic heterocycles. The van der Waals surface area contributed by atoms with E-state index in [4.69, 9.17) is 5.73 Å². The van der Waals surface area contributed by atoms with E-state index in [1.54, 1.807) is 12.1 Å². The average molecular weight is 292 g/mol. The van der Waals surface area contributed by atoms with Gasteiger partial charge in [-0.05, 0) is 69.3 Å². The van der Waals surface area contributed by atoms with Crippen LogP contribution in [0.4, 0.5) is 4.39 Å². The average Bonchev–Trinajstić information content (AvgIpc) is 2.75. The van der Waals surface area contributed by atoms with E-state index in [2.05, 4.69) is 18.7 Å². The Morgan fingerprint density at radius 1 is 1.24 bits per heavy atom. The first-order chi connectivity index (χ1) is 10.1. The third-order valence-corrected chi connectivity index (χ3v) is 5.13. The summed E-state index contributed by atoms with van der Waals surface area (Å²) < 4.78 is 13.1. The van der Waals surface area contributed by atoms with Gasteiger partial charge in [0.25, 0.3) is 0 Å². The Labute approximate surface area is 128 Å². The molecule has 21 heavy (non-hydrogen) atoms. The first-order valence-electron chi connectivity index (χ1n) is 8.27. The number of rotatable bonds is 5. The molecule has 118 valence electrons. The smallest absolute Gasteiger partial charge is 0.123 e. The minimum Gasteiger partial charge on any atom is -0.329 e. The summed E-state index contributed by atoms with van der Waals surface area (Å²) in [6, 6.07) is 6.86. The van der Waals surface area contributed by atoms with Gasteiger partial charge in [0.2, 0.25) is 0 Å². The predicted octanol–water partition coefficient (Wildman–Crippen LogP) is 3.60. The Morgan fingerprint density at radius 3 is 2.57 bits per heavy atom. The molecule has 2 atom stereocenters. The number of likely N-dealkylation sites (tertiary alicyclic amines) is 1. The largest absolute Gasteiger partial charge is 0.329 e. The standard InChI is InChI=1S/C18H29FN2/c1-3-15-5-4-11-21(12-10-15)18(2,14-20)13-16-6-8-17(19)9-7-16/h6-9,15H,3-5,10-14,20H2,1-2H3. The lowest BCUT2D eigenvalue weighted by atomic mass is 9.90. The van der Waals surface area contributed by atoms with Crippen LogP contribution in [0.1, 0.15) is 45.1 Å². The zero-order valence-electron chi connectivity index (χ0n) is 13.4. The molecule has 1 saturated heterocycles. The van der Waals surface area contributed by atoms with E-state index in [0.717, 1.165) is 25.4 Å². The SMILES string of the molecule is CCC1CCCN(C(C)(CN)Cc2ccc(F)cc2)CC1. The van der Waals surface area contributed by atoms with Crippen molar-refractivity contribution in [2.24, 2.45) is 11.7 Å². The van der Waals surface area contributed by atoms with Gasteiger partial charge in [0.1, 0.15) is 5.82 Å². The maximum atomic E-state index is 13.1. The molecule has 0 bridgehead atoms. The van der Waals surface area contributed by atoms with Gasteiger partial charge in [-0.2, -0.15) is 0 Å². The monoisotopic (exact) mass is 292 g/mol. The predicted molar refractivity (Wildman–Crippen MR) is 86.8 cm³/mol. The van der Waals surface area contributed by atoms with Gasteiger partial charge in [-0.15, -0.1) is 0 Å². The quantitative estimate of drug-likeness (QED) is 0.898. The highest BCUT2D eigenvalue weighted by Gasteiger charge is 2.32. The normalized spacial score (nSPS) is 23.5. The van der Waals surface area contributed by atoms with Crippen molar-refractivity contribution in [1.29, 1.82) is 0 Å². The molecule has 3 heteroatoms. The highest BCUT2D eigenvalue weighted by Crippen LogP contribution is 2.27. The molecule has 1 heterocycles. The molecular weight excluding hydrogens is 263 g/mol. The van der Waals surface area contributed by atoms with Crippen molar-refractivity contribution in [2.45, 2.75) is 51.5 Å². The molecule has 1 aromatic rings. The molecular formula is C18H29FN2. The van der Waals surface area contributed by atoms with Gasteiger partial charge < -0.3 is 5.73 Å². The third-order valence-electron chi connectivity index (χ3n) is 5.13. The summed E-state index contributed by atoms with van der Waals surface area (Å²) in [6.45, 7) is 7.45. The molecule has 1 fully saturated rings. The Kier molecular flexibility index (Phi) is 5.77. The number of hydrogen-bond acceptors (Lipinski definition) is 2. The maximum Gasteiger partial charge on any atom is 0.123 e. The highest BCUT2D eigenvalue weighted by molar-refractivity contribution is 5.19. The minimum atomic E-state index is -0.172. The third kappa shape index (κ3) is 4.27. The number of nitrogens with zero attached hydrogens (tertiary/aromatic N) is 1. The molecule has 0 aliphatic carbocycles. The van der Waals surface area contributed by atoms with Crippen LogP contribution >= 0.6 is 0 Å². The van der Waals surface area contributed by atoms with Crippen LogP contribution in [-0.2, 0) is 6.42 Å². The lowest BCUT2D eigenvalue weighted by molar-refractivity contribution is 0.113. The molecule has 0 amide bonds. The molecule has 1 aromatic carbocycles. The first-order valence-corrected chi connectivity index (χ1v) is 8.27. The molecule has 0 radical (unpaired) electrons. The van der Waals surface area contributed by atoms with Crippen molar-refractivity contribution >= 4 is 0 Å². The van der Waals surface area contributed by atoms with Crippen molar-refractivity contribution < 1.29 is 4.39 Å². The second kappa shape index (κ2) is 7.37. The number of hydrogen-bond donors (Lipinski definition) is 1. The Morgan fingerprint density at radius 2 is 1.95 bits per heavy atom. The van der Waals surface area contributed by atoms with Crippen molar-refractivity contribution in [3.8, 4) is 0 Å². The topological polar surface area (TPSA) is 29.3 Å². The maximum absolute atomic E-state index is 13.1. The van der Waals surface area contributed by atoms with Crippen LogP contribution in [0.25, 0.3) is 0 Å². The van der Waals surface area contributed by atoms with Gasteiger partial charge in [-0.25, -0.2) is 4.39 Å². The van der Waals surface area contributed by atoms with Gasteiger partial charge in [0.15, 0.2) is 0 Å². The van der Waals surface area contributed by atoms with Crippen LogP contribution in [0.2, 0.25) is 0 Å². The van der Waals surface area contributed by atoms with Crippen LogP contribution in [0.3, 0.4) is 0 Å². The van der Waals surface area contributed by atoms with E-state index in [9.17, 15) is 4.39 Å². The van der Waals surface area contributed by atoms with Gasteiger partial charge in [0.05, 0.1) is 0 Å².